The summed E-state index contributed by atoms with van der Waals surface area (Å²) >= 11 is 0. The fraction of sp³-hybridized carbons (Fsp3) is 0.667. The number of carbonyl (C=O) groups excluding carboxylic acids is 2. The van der Waals surface area contributed by atoms with Crippen LogP contribution in [0.25, 0.3) is 0 Å². The quantitative estimate of drug-likeness (QED) is 0.722. The lowest BCUT2D eigenvalue weighted by Gasteiger charge is -2.60. The molecule has 0 aromatic carbocycles. The minimum atomic E-state index is 0.0731. The van der Waals surface area contributed by atoms with Crippen molar-refractivity contribution >= 4 is 17.5 Å². The molecule has 0 spiro atoms. The van der Waals surface area contributed by atoms with E-state index in [-0.39, 0.29) is 22.6 Å². The van der Waals surface area contributed by atoms with Crippen LogP contribution in [-0.4, -0.2) is 41.9 Å². The lowest BCUT2D eigenvalue weighted by Crippen LogP contribution is -2.59. The SMILES string of the molecule is COc1ccc(NC(=O)C[C@H]2CCC3C4CCC5N(C)C(=O)C=C[C@]5(C)C4CC[C@@]32C)cn1. The number of likely N-dealkylation sites (N-methyl/N-ethyl adjacent to an activating group) is 1. The molecule has 1 N–H and O–H groups in total. The van der Waals surface area contributed by atoms with Crippen molar-refractivity contribution in [2.24, 2.45) is 34.5 Å². The molecular formula is C27H37N3O3. The van der Waals surface area contributed by atoms with Crippen LogP contribution in [0.15, 0.2) is 30.5 Å². The molecule has 6 heteroatoms. The standard InChI is InChI=1S/C27H37N3O3/c1-26-13-11-21-19(7-9-22-27(21,2)14-12-25(32)30(22)3)20(26)8-5-17(26)15-23(31)29-18-6-10-24(33-4)28-16-18/h6,10,12,14,16-17,19-22H,5,7-9,11,13,15H2,1-4H3,(H,29,31)/t17-,19?,20?,21?,22?,26-,27-/m1/s1. The number of nitrogens with one attached hydrogen (secondary N) is 1. The van der Waals surface area contributed by atoms with Crippen LogP contribution >= 0.6 is 0 Å². The predicted molar refractivity (Wildman–Crippen MR) is 128 cm³/mol. The Hall–Kier alpha value is -2.37. The van der Waals surface area contributed by atoms with E-state index in [1.165, 1.54) is 25.7 Å². The molecule has 4 aliphatic rings. The van der Waals surface area contributed by atoms with Gasteiger partial charge in [0.05, 0.1) is 19.0 Å². The summed E-state index contributed by atoms with van der Waals surface area (Å²) in [5.41, 5.74) is 1.02. The summed E-state index contributed by atoms with van der Waals surface area (Å²) in [5.74, 6) is 3.19. The number of hydrogen-bond acceptors (Lipinski definition) is 4. The molecule has 1 aromatic rings. The Kier molecular flexibility index (Phi) is 5.53. The van der Waals surface area contributed by atoms with Crippen LogP contribution in [0.2, 0.25) is 0 Å². The molecule has 178 valence electrons. The number of ether oxygens (including phenoxy) is 1. The lowest BCUT2D eigenvalue weighted by molar-refractivity contribution is -0.139. The summed E-state index contributed by atoms with van der Waals surface area (Å²) in [4.78, 5) is 31.4. The van der Waals surface area contributed by atoms with E-state index in [9.17, 15) is 9.59 Å². The van der Waals surface area contributed by atoms with Gasteiger partial charge in [0, 0.05) is 31.0 Å². The number of amides is 2. The monoisotopic (exact) mass is 451 g/mol. The zero-order valence-corrected chi connectivity index (χ0v) is 20.3. The van der Waals surface area contributed by atoms with Gasteiger partial charge in [-0.2, -0.15) is 0 Å². The van der Waals surface area contributed by atoms with Crippen molar-refractivity contribution in [2.75, 3.05) is 19.5 Å². The Bertz CT molecular complexity index is 960. The number of fused-ring (bicyclic) bond motifs is 5. The maximum absolute atomic E-state index is 12.9. The molecule has 3 saturated carbocycles. The summed E-state index contributed by atoms with van der Waals surface area (Å²) in [6, 6.07) is 3.93. The molecule has 0 bridgehead atoms. The van der Waals surface area contributed by atoms with E-state index < -0.39 is 0 Å². The minimum absolute atomic E-state index is 0.0731. The van der Waals surface area contributed by atoms with Gasteiger partial charge in [-0.05, 0) is 79.8 Å². The van der Waals surface area contributed by atoms with Gasteiger partial charge in [-0.3, -0.25) is 9.59 Å². The second-order valence-corrected chi connectivity index (χ2v) is 11.3. The molecule has 4 unspecified atom stereocenters. The summed E-state index contributed by atoms with van der Waals surface area (Å²) in [6.07, 6.45) is 13.3. The third-order valence-corrected chi connectivity index (χ3v) is 9.99. The highest BCUT2D eigenvalue weighted by Gasteiger charge is 2.60. The predicted octanol–water partition coefficient (Wildman–Crippen LogP) is 4.67. The van der Waals surface area contributed by atoms with E-state index in [4.69, 9.17) is 4.74 Å². The second-order valence-electron chi connectivity index (χ2n) is 11.3. The fourth-order valence-corrected chi connectivity index (χ4v) is 8.19. The van der Waals surface area contributed by atoms with Gasteiger partial charge >= 0.3 is 0 Å². The van der Waals surface area contributed by atoms with E-state index in [2.05, 4.69) is 30.2 Å². The second kappa shape index (κ2) is 8.14. The number of carbonyl (C=O) groups is 2. The zero-order valence-electron chi connectivity index (χ0n) is 20.3. The molecule has 5 rings (SSSR count). The molecular weight excluding hydrogens is 414 g/mol. The van der Waals surface area contributed by atoms with Crippen LogP contribution in [-0.2, 0) is 9.59 Å². The van der Waals surface area contributed by atoms with Crippen LogP contribution < -0.4 is 10.1 Å². The van der Waals surface area contributed by atoms with Gasteiger partial charge in [0.2, 0.25) is 17.7 Å². The Balaban J connectivity index is 1.29. The largest absolute Gasteiger partial charge is 0.481 e. The number of rotatable bonds is 4. The first kappa shape index (κ1) is 22.4. The summed E-state index contributed by atoms with van der Waals surface area (Å²) < 4.78 is 5.10. The molecule has 3 fully saturated rings. The molecule has 0 saturated heterocycles. The summed E-state index contributed by atoms with van der Waals surface area (Å²) in [6.45, 7) is 4.84. The number of pyridine rings is 1. The highest BCUT2D eigenvalue weighted by molar-refractivity contribution is 5.90. The van der Waals surface area contributed by atoms with Crippen molar-refractivity contribution in [1.29, 1.82) is 0 Å². The number of anilines is 1. The normalized spacial score (nSPS) is 39.5. The molecule has 1 aromatic heterocycles. The summed E-state index contributed by atoms with van der Waals surface area (Å²) in [5, 5.41) is 3.04. The smallest absolute Gasteiger partial charge is 0.246 e. The molecule has 3 aliphatic carbocycles. The maximum atomic E-state index is 12.9. The lowest BCUT2D eigenvalue weighted by atomic mass is 9.47. The molecule has 0 radical (unpaired) electrons. The van der Waals surface area contributed by atoms with E-state index in [0.717, 1.165) is 18.5 Å². The van der Waals surface area contributed by atoms with E-state index in [1.54, 1.807) is 19.4 Å². The summed E-state index contributed by atoms with van der Waals surface area (Å²) in [7, 11) is 3.56. The van der Waals surface area contributed by atoms with Crippen LogP contribution in [0.3, 0.4) is 0 Å². The Labute approximate surface area is 197 Å². The molecule has 2 heterocycles. The van der Waals surface area contributed by atoms with Crippen molar-refractivity contribution < 1.29 is 14.3 Å². The number of methoxy groups -OCH3 is 1. The fourth-order valence-electron chi connectivity index (χ4n) is 8.19. The van der Waals surface area contributed by atoms with Crippen LogP contribution in [0.5, 0.6) is 5.88 Å². The van der Waals surface area contributed by atoms with Crippen molar-refractivity contribution in [3.63, 3.8) is 0 Å². The number of nitrogens with zero attached hydrogens (tertiary/aromatic N) is 2. The van der Waals surface area contributed by atoms with Crippen molar-refractivity contribution in [3.8, 4) is 5.88 Å². The average molecular weight is 452 g/mol. The van der Waals surface area contributed by atoms with Gasteiger partial charge in [0.1, 0.15) is 0 Å². The van der Waals surface area contributed by atoms with E-state index in [0.29, 0.717) is 42.0 Å². The number of aromatic nitrogens is 1. The average Bonchev–Trinajstić information content (AvgIpc) is 3.13. The third kappa shape index (κ3) is 3.57. The van der Waals surface area contributed by atoms with Crippen LogP contribution in [0, 0.1) is 34.5 Å². The Morgan fingerprint density at radius 2 is 2.00 bits per heavy atom. The topological polar surface area (TPSA) is 71.5 Å². The Morgan fingerprint density at radius 3 is 2.73 bits per heavy atom. The van der Waals surface area contributed by atoms with Crippen LogP contribution in [0.4, 0.5) is 5.69 Å². The zero-order chi connectivity index (χ0) is 23.4. The van der Waals surface area contributed by atoms with Crippen molar-refractivity contribution in [3.05, 3.63) is 30.5 Å². The maximum Gasteiger partial charge on any atom is 0.246 e. The molecule has 7 atom stereocenters. The molecule has 2 amide bonds. The first-order chi connectivity index (χ1) is 15.8. The van der Waals surface area contributed by atoms with E-state index in [1.807, 2.05) is 24.1 Å². The van der Waals surface area contributed by atoms with Gasteiger partial charge in [0.15, 0.2) is 0 Å². The first-order valence-corrected chi connectivity index (χ1v) is 12.5. The van der Waals surface area contributed by atoms with E-state index >= 15 is 0 Å². The van der Waals surface area contributed by atoms with Crippen molar-refractivity contribution in [2.45, 2.75) is 64.8 Å². The molecule has 33 heavy (non-hydrogen) atoms. The molecule has 1 aliphatic heterocycles. The highest BCUT2D eigenvalue weighted by atomic mass is 16.5. The third-order valence-electron chi connectivity index (χ3n) is 9.99. The Morgan fingerprint density at radius 1 is 1.18 bits per heavy atom. The van der Waals surface area contributed by atoms with Gasteiger partial charge in [-0.15, -0.1) is 0 Å². The van der Waals surface area contributed by atoms with Crippen molar-refractivity contribution in [1.82, 2.24) is 9.88 Å². The first-order valence-electron chi connectivity index (χ1n) is 12.5. The minimum Gasteiger partial charge on any atom is -0.481 e. The van der Waals surface area contributed by atoms with Gasteiger partial charge in [0.25, 0.3) is 0 Å². The van der Waals surface area contributed by atoms with Gasteiger partial charge in [-0.25, -0.2) is 4.98 Å². The molecule has 6 nitrogen and oxygen atoms in total. The van der Waals surface area contributed by atoms with Crippen LogP contribution in [0.1, 0.15) is 58.8 Å². The van der Waals surface area contributed by atoms with Gasteiger partial charge < -0.3 is 15.0 Å². The highest BCUT2D eigenvalue weighted by Crippen LogP contribution is 2.65. The van der Waals surface area contributed by atoms with Gasteiger partial charge in [-0.1, -0.05) is 19.9 Å². The number of hydrogen-bond donors (Lipinski definition) is 1.